The van der Waals surface area contributed by atoms with Gasteiger partial charge in [-0.2, -0.15) is 5.10 Å². The number of nitrogens with zero attached hydrogens (tertiary/aromatic N) is 2. The first kappa shape index (κ1) is 20.4. The smallest absolute Gasteiger partial charge is 0.329 e. The van der Waals surface area contributed by atoms with Crippen LogP contribution >= 0.6 is 23.2 Å². The summed E-state index contributed by atoms with van der Waals surface area (Å²) < 4.78 is 2.01. The SMILES string of the molecule is Cc1cc(/C=N\NC(=O)C(=O)NC2CCCC2)c(C)n1-c1ccc(Cl)c(Cl)c1. The van der Waals surface area contributed by atoms with Crippen LogP contribution in [0.2, 0.25) is 10.0 Å². The van der Waals surface area contributed by atoms with Gasteiger partial charge in [-0.3, -0.25) is 9.59 Å². The Bertz CT molecular complexity index is 931. The van der Waals surface area contributed by atoms with Crippen molar-refractivity contribution in [2.75, 3.05) is 0 Å². The molecular formula is C20H22Cl2N4O2. The van der Waals surface area contributed by atoms with Crippen LogP contribution in [0.1, 0.15) is 42.6 Å². The standard InChI is InChI=1S/C20H22Cl2N4O2/c1-12-9-14(13(2)26(12)16-7-8-17(21)18(22)10-16)11-23-25-20(28)19(27)24-15-5-3-4-6-15/h7-11,15H,3-6H2,1-2H3,(H,24,27)(H,25,28)/b23-11-. The summed E-state index contributed by atoms with van der Waals surface area (Å²) in [6.45, 7) is 3.89. The Labute approximate surface area is 173 Å². The minimum Gasteiger partial charge on any atom is -0.345 e. The third-order valence-corrected chi connectivity index (χ3v) is 5.64. The van der Waals surface area contributed by atoms with Crippen LogP contribution in [0.3, 0.4) is 0 Å². The van der Waals surface area contributed by atoms with E-state index < -0.39 is 11.8 Å². The molecule has 0 saturated heterocycles. The second-order valence-corrected chi connectivity index (χ2v) is 7.73. The number of halogens is 2. The molecule has 8 heteroatoms. The average Bonchev–Trinajstić information content (AvgIpc) is 3.25. The molecule has 0 bridgehead atoms. The molecule has 0 unspecified atom stereocenters. The molecule has 0 aliphatic heterocycles. The molecule has 3 rings (SSSR count). The number of nitrogens with one attached hydrogen (secondary N) is 2. The van der Waals surface area contributed by atoms with Gasteiger partial charge in [0, 0.05) is 28.7 Å². The highest BCUT2D eigenvalue weighted by molar-refractivity contribution is 6.42. The summed E-state index contributed by atoms with van der Waals surface area (Å²) in [6.07, 6.45) is 5.53. The van der Waals surface area contributed by atoms with Crippen molar-refractivity contribution in [3.63, 3.8) is 0 Å². The first-order valence-electron chi connectivity index (χ1n) is 9.15. The molecule has 148 valence electrons. The van der Waals surface area contributed by atoms with Crippen molar-refractivity contribution in [1.82, 2.24) is 15.3 Å². The van der Waals surface area contributed by atoms with E-state index in [1.807, 2.05) is 30.5 Å². The molecule has 1 heterocycles. The molecule has 6 nitrogen and oxygen atoms in total. The molecule has 0 radical (unpaired) electrons. The van der Waals surface area contributed by atoms with Gasteiger partial charge in [-0.05, 0) is 51.0 Å². The number of rotatable bonds is 4. The van der Waals surface area contributed by atoms with Gasteiger partial charge in [0.1, 0.15) is 0 Å². The molecule has 1 aliphatic carbocycles. The largest absolute Gasteiger partial charge is 0.345 e. The zero-order valence-electron chi connectivity index (χ0n) is 15.8. The van der Waals surface area contributed by atoms with E-state index in [2.05, 4.69) is 15.8 Å². The number of benzene rings is 1. The van der Waals surface area contributed by atoms with E-state index in [-0.39, 0.29) is 6.04 Å². The van der Waals surface area contributed by atoms with Crippen molar-refractivity contribution >= 4 is 41.2 Å². The molecule has 2 amide bonds. The molecule has 0 spiro atoms. The minimum absolute atomic E-state index is 0.0901. The monoisotopic (exact) mass is 420 g/mol. The van der Waals surface area contributed by atoms with E-state index in [1.165, 1.54) is 6.21 Å². The highest BCUT2D eigenvalue weighted by Gasteiger charge is 2.21. The maximum absolute atomic E-state index is 11.9. The number of carbonyl (C=O) groups excluding carboxylic acids is 2. The average molecular weight is 421 g/mol. The van der Waals surface area contributed by atoms with Crippen molar-refractivity contribution in [2.45, 2.75) is 45.6 Å². The Balaban J connectivity index is 1.68. The molecule has 1 saturated carbocycles. The second-order valence-electron chi connectivity index (χ2n) is 6.91. The Kier molecular flexibility index (Phi) is 6.42. The topological polar surface area (TPSA) is 75.5 Å². The molecule has 0 atom stereocenters. The van der Waals surface area contributed by atoms with Crippen molar-refractivity contribution < 1.29 is 9.59 Å². The van der Waals surface area contributed by atoms with Gasteiger partial charge in [-0.15, -0.1) is 0 Å². The van der Waals surface area contributed by atoms with Crippen molar-refractivity contribution in [3.05, 3.63) is 51.3 Å². The predicted octanol–water partition coefficient (Wildman–Crippen LogP) is 3.91. The van der Waals surface area contributed by atoms with Crippen LogP contribution in [0.15, 0.2) is 29.4 Å². The number of aryl methyl sites for hydroxylation is 1. The molecule has 1 aromatic heterocycles. The fourth-order valence-corrected chi connectivity index (χ4v) is 3.76. The highest BCUT2D eigenvalue weighted by atomic mass is 35.5. The van der Waals surface area contributed by atoms with E-state index in [1.54, 1.807) is 12.1 Å². The molecule has 1 fully saturated rings. The molecule has 1 aliphatic rings. The Morgan fingerprint density at radius 2 is 1.82 bits per heavy atom. The van der Waals surface area contributed by atoms with E-state index in [4.69, 9.17) is 23.2 Å². The van der Waals surface area contributed by atoms with Crippen LogP contribution in [0.25, 0.3) is 5.69 Å². The fraction of sp³-hybridized carbons (Fsp3) is 0.350. The third kappa shape index (κ3) is 4.56. The van der Waals surface area contributed by atoms with Crippen LogP contribution < -0.4 is 10.7 Å². The quantitative estimate of drug-likeness (QED) is 0.446. The maximum Gasteiger partial charge on any atom is 0.329 e. The lowest BCUT2D eigenvalue weighted by Crippen LogP contribution is -2.42. The van der Waals surface area contributed by atoms with Gasteiger partial charge in [-0.1, -0.05) is 36.0 Å². The summed E-state index contributed by atoms with van der Waals surface area (Å²) in [6, 6.07) is 7.44. The van der Waals surface area contributed by atoms with Crippen LogP contribution in [0.4, 0.5) is 0 Å². The van der Waals surface area contributed by atoms with E-state index >= 15 is 0 Å². The number of hydrazone groups is 1. The molecule has 28 heavy (non-hydrogen) atoms. The van der Waals surface area contributed by atoms with Crippen LogP contribution in [0, 0.1) is 13.8 Å². The molecule has 2 N–H and O–H groups in total. The van der Waals surface area contributed by atoms with Gasteiger partial charge in [0.05, 0.1) is 16.3 Å². The summed E-state index contributed by atoms with van der Waals surface area (Å²) >= 11 is 12.1. The van der Waals surface area contributed by atoms with Crippen molar-refractivity contribution in [1.29, 1.82) is 0 Å². The minimum atomic E-state index is -0.763. The van der Waals surface area contributed by atoms with E-state index in [9.17, 15) is 9.59 Å². The zero-order valence-corrected chi connectivity index (χ0v) is 17.3. The number of hydrogen-bond donors (Lipinski definition) is 2. The first-order chi connectivity index (χ1) is 13.4. The van der Waals surface area contributed by atoms with Crippen LogP contribution in [-0.4, -0.2) is 28.6 Å². The predicted molar refractivity (Wildman–Crippen MR) is 111 cm³/mol. The van der Waals surface area contributed by atoms with Gasteiger partial charge in [-0.25, -0.2) is 5.43 Å². The number of carbonyl (C=O) groups is 2. The third-order valence-electron chi connectivity index (χ3n) is 4.90. The van der Waals surface area contributed by atoms with Gasteiger partial charge in [0.2, 0.25) is 0 Å². The number of hydrogen-bond acceptors (Lipinski definition) is 3. The Hall–Kier alpha value is -2.31. The number of amides is 2. The first-order valence-corrected chi connectivity index (χ1v) is 9.90. The Morgan fingerprint density at radius 1 is 1.11 bits per heavy atom. The van der Waals surface area contributed by atoms with Crippen molar-refractivity contribution in [3.8, 4) is 5.69 Å². The maximum atomic E-state index is 11.9. The normalized spacial score (nSPS) is 14.6. The summed E-state index contributed by atoms with van der Waals surface area (Å²) in [5.74, 6) is -1.41. The van der Waals surface area contributed by atoms with Crippen LogP contribution in [-0.2, 0) is 9.59 Å². The zero-order chi connectivity index (χ0) is 20.3. The van der Waals surface area contributed by atoms with E-state index in [0.29, 0.717) is 10.0 Å². The van der Waals surface area contributed by atoms with E-state index in [0.717, 1.165) is 48.3 Å². The molecule has 1 aromatic carbocycles. The van der Waals surface area contributed by atoms with Gasteiger partial charge in [0.25, 0.3) is 0 Å². The summed E-state index contributed by atoms with van der Waals surface area (Å²) in [5, 5.41) is 7.63. The molecular weight excluding hydrogens is 399 g/mol. The number of aromatic nitrogens is 1. The second kappa shape index (κ2) is 8.80. The highest BCUT2D eigenvalue weighted by Crippen LogP contribution is 2.27. The summed E-state index contributed by atoms with van der Waals surface area (Å²) in [4.78, 5) is 23.8. The van der Waals surface area contributed by atoms with Gasteiger partial charge < -0.3 is 9.88 Å². The summed E-state index contributed by atoms with van der Waals surface area (Å²) in [5.41, 5.74) is 5.88. The van der Waals surface area contributed by atoms with Gasteiger partial charge in [0.15, 0.2) is 0 Å². The lowest BCUT2D eigenvalue weighted by Gasteiger charge is -2.10. The lowest BCUT2D eigenvalue weighted by molar-refractivity contribution is -0.139. The molecule has 2 aromatic rings. The Morgan fingerprint density at radius 3 is 2.50 bits per heavy atom. The fourth-order valence-electron chi connectivity index (χ4n) is 3.47. The van der Waals surface area contributed by atoms with Crippen LogP contribution in [0.5, 0.6) is 0 Å². The lowest BCUT2D eigenvalue weighted by atomic mass is 10.2. The summed E-state index contributed by atoms with van der Waals surface area (Å²) in [7, 11) is 0. The van der Waals surface area contributed by atoms with Gasteiger partial charge >= 0.3 is 11.8 Å². The van der Waals surface area contributed by atoms with Crippen molar-refractivity contribution in [2.24, 2.45) is 5.10 Å².